The average Bonchev–Trinajstić information content (AvgIpc) is 2.23. The number of nitrogens with two attached hydrogens (primary N) is 2. The number of rotatable bonds is 1. The monoisotopic (exact) mass is 279 g/mol. The molecule has 5 heteroatoms. The van der Waals surface area contributed by atoms with E-state index in [1.165, 1.54) is 10.6 Å². The van der Waals surface area contributed by atoms with Gasteiger partial charge in [0, 0.05) is 16.4 Å². The molecular formula is C11H10BrN3O. The lowest BCUT2D eigenvalue weighted by Gasteiger charge is -2.08. The van der Waals surface area contributed by atoms with Crippen LogP contribution >= 0.6 is 15.9 Å². The van der Waals surface area contributed by atoms with E-state index in [0.717, 1.165) is 10.2 Å². The zero-order valence-corrected chi connectivity index (χ0v) is 9.94. The van der Waals surface area contributed by atoms with E-state index in [-0.39, 0.29) is 11.2 Å². The van der Waals surface area contributed by atoms with Crippen LogP contribution in [0.15, 0.2) is 45.8 Å². The minimum atomic E-state index is -0.271. The van der Waals surface area contributed by atoms with E-state index in [1.54, 1.807) is 6.20 Å². The molecule has 1 aromatic heterocycles. The number of benzene rings is 1. The number of pyridine rings is 1. The van der Waals surface area contributed by atoms with Gasteiger partial charge in [-0.3, -0.25) is 9.36 Å². The third kappa shape index (κ3) is 1.94. The fourth-order valence-corrected chi connectivity index (χ4v) is 1.83. The minimum absolute atomic E-state index is 0.139. The van der Waals surface area contributed by atoms with E-state index in [1.807, 2.05) is 24.3 Å². The molecule has 0 aliphatic heterocycles. The molecule has 0 amide bonds. The van der Waals surface area contributed by atoms with Crippen LogP contribution in [0.5, 0.6) is 0 Å². The third-order valence-electron chi connectivity index (χ3n) is 2.15. The third-order valence-corrected chi connectivity index (χ3v) is 2.65. The summed E-state index contributed by atoms with van der Waals surface area (Å²) in [6, 6.07) is 8.80. The quantitative estimate of drug-likeness (QED) is 0.836. The standard InChI is InChI=1S/C11H10BrN3O/c12-7-2-1-3-9(4-7)15-6-8(13)5-10(14)11(15)16/h1-6H,13-14H2. The zero-order valence-electron chi connectivity index (χ0n) is 8.35. The van der Waals surface area contributed by atoms with Crippen molar-refractivity contribution in [1.29, 1.82) is 0 Å². The van der Waals surface area contributed by atoms with Crippen molar-refractivity contribution < 1.29 is 0 Å². The molecule has 2 aromatic rings. The Balaban J connectivity index is 2.69. The summed E-state index contributed by atoms with van der Waals surface area (Å²) >= 11 is 3.34. The molecule has 0 atom stereocenters. The van der Waals surface area contributed by atoms with Gasteiger partial charge in [0.2, 0.25) is 0 Å². The summed E-state index contributed by atoms with van der Waals surface area (Å²) in [6.45, 7) is 0. The van der Waals surface area contributed by atoms with Gasteiger partial charge in [-0.25, -0.2) is 0 Å². The lowest BCUT2D eigenvalue weighted by Crippen LogP contribution is -2.21. The Kier molecular flexibility index (Phi) is 2.70. The first-order valence-electron chi connectivity index (χ1n) is 4.61. The predicted octanol–water partition coefficient (Wildman–Crippen LogP) is 1.76. The molecule has 0 fully saturated rings. The Morgan fingerprint density at radius 3 is 2.62 bits per heavy atom. The second-order valence-electron chi connectivity index (χ2n) is 3.38. The number of halogens is 1. The second kappa shape index (κ2) is 4.02. The van der Waals surface area contributed by atoms with Gasteiger partial charge in [0.25, 0.3) is 5.56 Å². The van der Waals surface area contributed by atoms with E-state index >= 15 is 0 Å². The topological polar surface area (TPSA) is 74.0 Å². The van der Waals surface area contributed by atoms with Crippen LogP contribution in [0.25, 0.3) is 5.69 Å². The molecule has 16 heavy (non-hydrogen) atoms. The summed E-state index contributed by atoms with van der Waals surface area (Å²) in [5, 5.41) is 0. The molecule has 0 saturated carbocycles. The van der Waals surface area contributed by atoms with Gasteiger partial charge in [0.05, 0.1) is 5.69 Å². The van der Waals surface area contributed by atoms with E-state index in [0.29, 0.717) is 5.69 Å². The molecule has 0 aliphatic carbocycles. The van der Waals surface area contributed by atoms with Crippen LogP contribution < -0.4 is 17.0 Å². The maximum absolute atomic E-state index is 11.8. The SMILES string of the molecule is Nc1cc(N)c(=O)n(-c2cccc(Br)c2)c1. The summed E-state index contributed by atoms with van der Waals surface area (Å²) in [6.07, 6.45) is 1.56. The van der Waals surface area contributed by atoms with Gasteiger partial charge in [-0.2, -0.15) is 0 Å². The Hall–Kier alpha value is -1.75. The number of nitrogens with zero attached hydrogens (tertiary/aromatic N) is 1. The van der Waals surface area contributed by atoms with Gasteiger partial charge in [0.15, 0.2) is 0 Å². The largest absolute Gasteiger partial charge is 0.397 e. The summed E-state index contributed by atoms with van der Waals surface area (Å²) in [5.74, 6) is 0. The van der Waals surface area contributed by atoms with Crippen molar-refractivity contribution in [2.45, 2.75) is 0 Å². The predicted molar refractivity (Wildman–Crippen MR) is 68.6 cm³/mol. The number of aromatic nitrogens is 1. The molecule has 0 radical (unpaired) electrons. The summed E-state index contributed by atoms with van der Waals surface area (Å²) in [5.41, 5.74) is 12.3. The number of nitrogen functional groups attached to an aromatic ring is 2. The highest BCUT2D eigenvalue weighted by molar-refractivity contribution is 9.10. The molecule has 1 heterocycles. The van der Waals surface area contributed by atoms with Crippen LogP contribution in [-0.4, -0.2) is 4.57 Å². The van der Waals surface area contributed by atoms with Crippen LogP contribution in [0, 0.1) is 0 Å². The van der Waals surface area contributed by atoms with Gasteiger partial charge >= 0.3 is 0 Å². The molecule has 0 bridgehead atoms. The fraction of sp³-hybridized carbons (Fsp3) is 0. The van der Waals surface area contributed by atoms with E-state index in [9.17, 15) is 4.79 Å². The zero-order chi connectivity index (χ0) is 11.7. The Morgan fingerprint density at radius 1 is 1.19 bits per heavy atom. The molecular weight excluding hydrogens is 270 g/mol. The first kappa shape index (κ1) is 10.8. The van der Waals surface area contributed by atoms with Gasteiger partial charge in [-0.15, -0.1) is 0 Å². The molecule has 2 rings (SSSR count). The molecule has 0 saturated heterocycles. The van der Waals surface area contributed by atoms with Crippen molar-refractivity contribution in [3.63, 3.8) is 0 Å². The van der Waals surface area contributed by atoms with Gasteiger partial charge in [-0.1, -0.05) is 22.0 Å². The maximum Gasteiger partial charge on any atom is 0.278 e. The van der Waals surface area contributed by atoms with Crippen molar-refractivity contribution in [2.24, 2.45) is 0 Å². The van der Waals surface area contributed by atoms with Crippen molar-refractivity contribution in [2.75, 3.05) is 11.5 Å². The second-order valence-corrected chi connectivity index (χ2v) is 4.30. The van der Waals surface area contributed by atoms with E-state index in [4.69, 9.17) is 11.5 Å². The highest BCUT2D eigenvalue weighted by Crippen LogP contribution is 2.15. The van der Waals surface area contributed by atoms with E-state index < -0.39 is 0 Å². The van der Waals surface area contributed by atoms with Gasteiger partial charge < -0.3 is 11.5 Å². The lowest BCUT2D eigenvalue weighted by molar-refractivity contribution is 0.997. The Morgan fingerprint density at radius 2 is 1.94 bits per heavy atom. The highest BCUT2D eigenvalue weighted by Gasteiger charge is 2.04. The summed E-state index contributed by atoms with van der Waals surface area (Å²) in [7, 11) is 0. The molecule has 1 aromatic carbocycles. The normalized spacial score (nSPS) is 10.3. The molecule has 0 unspecified atom stereocenters. The Labute approximate surface area is 101 Å². The van der Waals surface area contributed by atoms with Crippen LogP contribution in [0.4, 0.5) is 11.4 Å². The first-order chi connectivity index (χ1) is 7.58. The molecule has 4 nitrogen and oxygen atoms in total. The van der Waals surface area contributed by atoms with Crippen LogP contribution in [0.3, 0.4) is 0 Å². The van der Waals surface area contributed by atoms with Gasteiger partial charge in [-0.05, 0) is 24.3 Å². The summed E-state index contributed by atoms with van der Waals surface area (Å²) < 4.78 is 2.31. The molecule has 4 N–H and O–H groups in total. The Bertz CT molecular complexity index is 592. The fourth-order valence-electron chi connectivity index (χ4n) is 1.44. The van der Waals surface area contributed by atoms with E-state index in [2.05, 4.69) is 15.9 Å². The van der Waals surface area contributed by atoms with Crippen LogP contribution in [0.2, 0.25) is 0 Å². The van der Waals surface area contributed by atoms with Crippen molar-refractivity contribution in [3.05, 3.63) is 51.4 Å². The van der Waals surface area contributed by atoms with Crippen molar-refractivity contribution in [1.82, 2.24) is 4.57 Å². The lowest BCUT2D eigenvalue weighted by atomic mass is 10.3. The average molecular weight is 280 g/mol. The van der Waals surface area contributed by atoms with Crippen molar-refractivity contribution in [3.8, 4) is 5.69 Å². The highest BCUT2D eigenvalue weighted by atomic mass is 79.9. The first-order valence-corrected chi connectivity index (χ1v) is 5.41. The minimum Gasteiger partial charge on any atom is -0.397 e. The van der Waals surface area contributed by atoms with Crippen molar-refractivity contribution >= 4 is 27.3 Å². The van der Waals surface area contributed by atoms with Crippen LogP contribution in [-0.2, 0) is 0 Å². The molecule has 0 spiro atoms. The molecule has 0 aliphatic rings. The number of anilines is 2. The summed E-state index contributed by atoms with van der Waals surface area (Å²) in [4.78, 5) is 11.8. The number of hydrogen-bond acceptors (Lipinski definition) is 3. The van der Waals surface area contributed by atoms with Gasteiger partial charge in [0.1, 0.15) is 5.69 Å². The number of hydrogen-bond donors (Lipinski definition) is 2. The smallest absolute Gasteiger partial charge is 0.278 e. The molecule has 82 valence electrons. The van der Waals surface area contributed by atoms with Crippen LogP contribution in [0.1, 0.15) is 0 Å². The maximum atomic E-state index is 11.8.